The summed E-state index contributed by atoms with van der Waals surface area (Å²) in [5, 5.41) is 30.0. The number of hydrogen-bond acceptors (Lipinski definition) is 7. The number of β-lactam (4-membered cyclic amide) rings is 1. The van der Waals surface area contributed by atoms with Crippen molar-refractivity contribution in [3.8, 4) is 0 Å². The van der Waals surface area contributed by atoms with Crippen LogP contribution < -0.4 is 5.32 Å². The Bertz CT molecular complexity index is 951. The van der Waals surface area contributed by atoms with E-state index in [0.717, 1.165) is 4.90 Å². The van der Waals surface area contributed by atoms with E-state index in [1.807, 2.05) is 0 Å². The molecular weight excluding hydrogens is 506 g/mol. The summed E-state index contributed by atoms with van der Waals surface area (Å²) in [6, 6.07) is 5.65. The predicted octanol–water partition coefficient (Wildman–Crippen LogP) is 3.21. The molecule has 0 spiro atoms. The summed E-state index contributed by atoms with van der Waals surface area (Å²) in [6.07, 6.45) is 8.09. The molecule has 38 heavy (non-hydrogen) atoms. The van der Waals surface area contributed by atoms with E-state index in [2.05, 4.69) is 31.0 Å². The lowest BCUT2D eigenvalue weighted by atomic mass is 10.0. The van der Waals surface area contributed by atoms with Gasteiger partial charge >= 0.3 is 5.97 Å². The van der Waals surface area contributed by atoms with Gasteiger partial charge in [0.1, 0.15) is 17.1 Å². The maximum absolute atomic E-state index is 12.4. The van der Waals surface area contributed by atoms with Crippen LogP contribution in [-0.2, 0) is 16.2 Å². The second kappa shape index (κ2) is 16.5. The third-order valence-corrected chi connectivity index (χ3v) is 7.98. The largest absolute Gasteiger partial charge is 0.477 e. The SMILES string of the molecule is CCCCN(CCCC)CCCC.O=C(O)C1=C(CO)CS[C@H]2[C@@H](NC(=O)c3ccccc3CO)C(=O)N12. The molecule has 2 heterocycles. The van der Waals surface area contributed by atoms with Crippen LogP contribution in [0.4, 0.5) is 0 Å². The normalized spacial score (nSPS) is 18.5. The van der Waals surface area contributed by atoms with Gasteiger partial charge in [0.25, 0.3) is 11.8 Å². The number of benzene rings is 1. The average molecular weight is 550 g/mol. The zero-order chi connectivity index (χ0) is 28.1. The quantitative estimate of drug-likeness (QED) is 0.260. The van der Waals surface area contributed by atoms with Crippen LogP contribution in [0.2, 0.25) is 0 Å². The Labute approximate surface area is 230 Å². The molecule has 0 bridgehead atoms. The number of nitrogens with one attached hydrogen (secondary N) is 1. The van der Waals surface area contributed by atoms with Crippen LogP contribution in [-0.4, -0.2) is 86.3 Å². The lowest BCUT2D eigenvalue weighted by molar-refractivity contribution is -0.148. The van der Waals surface area contributed by atoms with Crippen molar-refractivity contribution in [3.05, 3.63) is 46.7 Å². The van der Waals surface area contributed by atoms with Crippen LogP contribution >= 0.6 is 11.8 Å². The fraction of sp³-hybridized carbons (Fsp3) is 0.607. The number of aliphatic hydroxyl groups is 2. The minimum absolute atomic E-state index is 0.211. The Morgan fingerprint density at radius 1 is 1.00 bits per heavy atom. The molecule has 2 aliphatic heterocycles. The van der Waals surface area contributed by atoms with Crippen molar-refractivity contribution in [2.75, 3.05) is 32.0 Å². The molecule has 2 aliphatic rings. The molecule has 0 aromatic heterocycles. The monoisotopic (exact) mass is 549 g/mol. The van der Waals surface area contributed by atoms with Crippen molar-refractivity contribution in [2.24, 2.45) is 0 Å². The maximum Gasteiger partial charge on any atom is 0.352 e. The number of fused-ring (bicyclic) bond motifs is 1. The minimum atomic E-state index is -1.28. The van der Waals surface area contributed by atoms with Gasteiger partial charge in [0.05, 0.1) is 13.2 Å². The zero-order valence-corrected chi connectivity index (χ0v) is 23.6. The summed E-state index contributed by atoms with van der Waals surface area (Å²) in [4.78, 5) is 39.9. The third-order valence-electron chi connectivity index (χ3n) is 6.64. The molecule has 0 aliphatic carbocycles. The summed E-state index contributed by atoms with van der Waals surface area (Å²) in [7, 11) is 0. The molecule has 2 atom stereocenters. The van der Waals surface area contributed by atoms with Gasteiger partial charge in [-0.15, -0.1) is 11.8 Å². The van der Waals surface area contributed by atoms with Crippen molar-refractivity contribution >= 4 is 29.5 Å². The second-order valence-electron chi connectivity index (χ2n) is 9.49. The lowest BCUT2D eigenvalue weighted by Crippen LogP contribution is -2.70. The number of aliphatic carboxylic acids is 1. The molecule has 3 rings (SSSR count). The van der Waals surface area contributed by atoms with Crippen LogP contribution in [0.1, 0.15) is 75.2 Å². The van der Waals surface area contributed by atoms with Gasteiger partial charge in [0.2, 0.25) is 0 Å². The van der Waals surface area contributed by atoms with Crippen LogP contribution in [0.15, 0.2) is 35.5 Å². The first kappa shape index (κ1) is 31.8. The molecule has 0 radical (unpaired) electrons. The molecule has 2 amide bonds. The standard InChI is InChI=1S/C16H16N2O6S.C12H27N/c19-5-8-3-1-2-4-10(8)13(21)17-11-14(22)18-12(16(23)24)9(6-20)7-25-15(11)18;1-4-7-10-13(11-8-5-2)12-9-6-3/h1-4,11,15,19-20H,5-7H2,(H,17,21)(H,23,24);4-12H2,1-3H3/t11-,15-;/m0./s1. The first-order chi connectivity index (χ1) is 18.3. The third kappa shape index (κ3) is 8.30. The van der Waals surface area contributed by atoms with Gasteiger partial charge in [-0.3, -0.25) is 14.5 Å². The van der Waals surface area contributed by atoms with E-state index in [9.17, 15) is 29.7 Å². The number of carboxylic acid groups (broad SMARTS) is 1. The highest BCUT2D eigenvalue weighted by Gasteiger charge is 2.54. The number of carboxylic acids is 1. The Morgan fingerprint density at radius 2 is 1.58 bits per heavy atom. The highest BCUT2D eigenvalue weighted by molar-refractivity contribution is 8.00. The average Bonchev–Trinajstić information content (AvgIpc) is 2.94. The van der Waals surface area contributed by atoms with Gasteiger partial charge in [-0.1, -0.05) is 58.2 Å². The van der Waals surface area contributed by atoms with E-state index in [1.165, 1.54) is 69.9 Å². The predicted molar refractivity (Wildman–Crippen MR) is 150 cm³/mol. The van der Waals surface area contributed by atoms with E-state index in [1.54, 1.807) is 24.3 Å². The number of carbonyl (C=O) groups is 3. The van der Waals surface area contributed by atoms with Crippen LogP contribution in [0.25, 0.3) is 0 Å². The molecule has 0 unspecified atom stereocenters. The topological polar surface area (TPSA) is 130 Å². The maximum atomic E-state index is 12.4. The minimum Gasteiger partial charge on any atom is -0.477 e. The molecule has 4 N–H and O–H groups in total. The number of carbonyl (C=O) groups excluding carboxylic acids is 2. The van der Waals surface area contributed by atoms with E-state index in [0.29, 0.717) is 5.56 Å². The molecule has 10 heteroatoms. The summed E-state index contributed by atoms with van der Waals surface area (Å²) in [5.74, 6) is -2.04. The highest BCUT2D eigenvalue weighted by Crippen LogP contribution is 2.40. The summed E-state index contributed by atoms with van der Waals surface area (Å²) in [6.45, 7) is 10.0. The van der Waals surface area contributed by atoms with E-state index in [4.69, 9.17) is 0 Å². The van der Waals surface area contributed by atoms with Crippen molar-refractivity contribution in [3.63, 3.8) is 0 Å². The number of rotatable bonds is 14. The van der Waals surface area contributed by atoms with Gasteiger partial charge in [0.15, 0.2) is 0 Å². The van der Waals surface area contributed by atoms with E-state index >= 15 is 0 Å². The van der Waals surface area contributed by atoms with Crippen molar-refractivity contribution in [2.45, 2.75) is 77.3 Å². The number of amides is 2. The Hall–Kier alpha value is -2.40. The molecular formula is C28H43N3O6S. The molecule has 1 aromatic carbocycles. The molecule has 1 saturated heterocycles. The number of unbranched alkanes of at least 4 members (excludes halogenated alkanes) is 3. The zero-order valence-electron chi connectivity index (χ0n) is 22.8. The number of thioether (sulfide) groups is 1. The molecule has 212 valence electrons. The van der Waals surface area contributed by atoms with Crippen molar-refractivity contribution in [1.82, 2.24) is 15.1 Å². The lowest BCUT2D eigenvalue weighted by Gasteiger charge is -2.49. The summed E-state index contributed by atoms with van der Waals surface area (Å²) >= 11 is 1.29. The van der Waals surface area contributed by atoms with E-state index in [-0.39, 0.29) is 29.2 Å². The number of hydrogen-bond donors (Lipinski definition) is 4. The van der Waals surface area contributed by atoms with Crippen LogP contribution in [0.5, 0.6) is 0 Å². The number of aliphatic hydroxyl groups excluding tert-OH is 2. The highest BCUT2D eigenvalue weighted by atomic mass is 32.2. The van der Waals surface area contributed by atoms with Gasteiger partial charge in [-0.05, 0) is 56.1 Å². The first-order valence-corrected chi connectivity index (χ1v) is 14.6. The Kier molecular flexibility index (Phi) is 13.8. The number of nitrogens with zero attached hydrogens (tertiary/aromatic N) is 2. The van der Waals surface area contributed by atoms with Crippen LogP contribution in [0.3, 0.4) is 0 Å². The summed E-state index contributed by atoms with van der Waals surface area (Å²) < 4.78 is 0. The van der Waals surface area contributed by atoms with Gasteiger partial charge in [-0.2, -0.15) is 0 Å². The van der Waals surface area contributed by atoms with Gasteiger partial charge in [0, 0.05) is 11.3 Å². The smallest absolute Gasteiger partial charge is 0.352 e. The Balaban J connectivity index is 0.000000332. The van der Waals surface area contributed by atoms with Gasteiger partial charge in [-0.25, -0.2) is 4.79 Å². The molecule has 1 fully saturated rings. The molecule has 0 saturated carbocycles. The fourth-order valence-electron chi connectivity index (χ4n) is 4.38. The molecule has 9 nitrogen and oxygen atoms in total. The van der Waals surface area contributed by atoms with Crippen molar-refractivity contribution in [1.29, 1.82) is 0 Å². The van der Waals surface area contributed by atoms with Crippen molar-refractivity contribution < 1.29 is 29.7 Å². The molecule has 1 aromatic rings. The van der Waals surface area contributed by atoms with E-state index < -0.39 is 35.8 Å². The van der Waals surface area contributed by atoms with Gasteiger partial charge < -0.3 is 25.5 Å². The summed E-state index contributed by atoms with van der Waals surface area (Å²) in [5.41, 5.74) is 0.769. The van der Waals surface area contributed by atoms with Crippen LogP contribution in [0, 0.1) is 0 Å². The Morgan fingerprint density at radius 3 is 2.08 bits per heavy atom. The fourth-order valence-corrected chi connectivity index (χ4v) is 5.72. The first-order valence-electron chi connectivity index (χ1n) is 13.6. The second-order valence-corrected chi connectivity index (χ2v) is 10.6.